The molecule has 0 bridgehead atoms. The third-order valence-electron chi connectivity index (χ3n) is 3.56. The van der Waals surface area contributed by atoms with Crippen LogP contribution >= 0.6 is 15.9 Å². The van der Waals surface area contributed by atoms with Gasteiger partial charge >= 0.3 is 0 Å². The first-order chi connectivity index (χ1) is 9.25. The topological polar surface area (TPSA) is 40.7 Å². The van der Waals surface area contributed by atoms with Crippen molar-refractivity contribution in [3.8, 4) is 11.3 Å². The summed E-state index contributed by atoms with van der Waals surface area (Å²) in [7, 11) is 0. The predicted octanol–water partition coefficient (Wildman–Crippen LogP) is 3.45. The fourth-order valence-corrected chi connectivity index (χ4v) is 3.24. The molecule has 1 aromatic carbocycles. The smallest absolute Gasteiger partial charge is 0.123 e. The fraction of sp³-hybridized carbons (Fsp3) is 0.357. The maximum Gasteiger partial charge on any atom is 0.123 e. The van der Waals surface area contributed by atoms with Gasteiger partial charge in [-0.05, 0) is 59.6 Å². The van der Waals surface area contributed by atoms with E-state index < -0.39 is 0 Å². The summed E-state index contributed by atoms with van der Waals surface area (Å²) >= 11 is 3.63. The number of aromatic amines is 1. The second-order valence-electron chi connectivity index (χ2n) is 4.85. The molecule has 1 atom stereocenters. The average Bonchev–Trinajstić information content (AvgIpc) is 2.83. The van der Waals surface area contributed by atoms with Crippen molar-refractivity contribution in [1.29, 1.82) is 0 Å². The molecule has 1 unspecified atom stereocenters. The van der Waals surface area contributed by atoms with E-state index in [1.54, 1.807) is 12.1 Å². The molecular weight excluding hydrogens is 309 g/mol. The maximum atomic E-state index is 13.0. The minimum Gasteiger partial charge on any atom is -0.316 e. The number of aromatic nitrogens is 2. The number of benzene rings is 1. The highest BCUT2D eigenvalue weighted by Gasteiger charge is 2.22. The molecule has 1 aromatic heterocycles. The fourth-order valence-electron chi connectivity index (χ4n) is 2.51. The summed E-state index contributed by atoms with van der Waals surface area (Å²) < 4.78 is 13.9. The van der Waals surface area contributed by atoms with Crippen LogP contribution in [0.3, 0.4) is 0 Å². The van der Waals surface area contributed by atoms with Gasteiger partial charge in [-0.3, -0.25) is 5.10 Å². The molecule has 1 aliphatic heterocycles. The van der Waals surface area contributed by atoms with Crippen molar-refractivity contribution in [2.75, 3.05) is 13.1 Å². The van der Waals surface area contributed by atoms with E-state index in [-0.39, 0.29) is 5.82 Å². The lowest BCUT2D eigenvalue weighted by Gasteiger charge is -2.21. The molecule has 3 nitrogen and oxygen atoms in total. The van der Waals surface area contributed by atoms with Gasteiger partial charge in [-0.25, -0.2) is 4.39 Å². The minimum atomic E-state index is -0.230. The van der Waals surface area contributed by atoms with Crippen LogP contribution in [-0.2, 0) is 0 Å². The standard InChI is InChI=1S/C14H15BrFN3/c15-12-13(9-3-5-11(16)6-4-9)18-19-14(12)10-2-1-7-17-8-10/h3-6,10,17H,1-2,7-8H2,(H,18,19). The molecule has 1 fully saturated rings. The third-order valence-corrected chi connectivity index (χ3v) is 4.36. The van der Waals surface area contributed by atoms with E-state index in [2.05, 4.69) is 31.4 Å². The van der Waals surface area contributed by atoms with Crippen molar-refractivity contribution < 1.29 is 4.39 Å². The summed E-state index contributed by atoms with van der Waals surface area (Å²) in [5.41, 5.74) is 2.90. The number of hydrogen-bond donors (Lipinski definition) is 2. The Morgan fingerprint density at radius 2 is 2.05 bits per heavy atom. The SMILES string of the molecule is Fc1ccc(-c2n[nH]c(C3CCCNC3)c2Br)cc1. The Kier molecular flexibility index (Phi) is 3.66. The molecule has 2 heterocycles. The molecule has 0 radical (unpaired) electrons. The summed E-state index contributed by atoms with van der Waals surface area (Å²) in [6.07, 6.45) is 2.35. The van der Waals surface area contributed by atoms with Gasteiger partial charge in [-0.15, -0.1) is 0 Å². The molecule has 2 N–H and O–H groups in total. The van der Waals surface area contributed by atoms with E-state index >= 15 is 0 Å². The number of H-pyrrole nitrogens is 1. The molecular formula is C14H15BrFN3. The van der Waals surface area contributed by atoms with Crippen molar-refractivity contribution in [2.45, 2.75) is 18.8 Å². The Morgan fingerprint density at radius 1 is 1.26 bits per heavy atom. The lowest BCUT2D eigenvalue weighted by atomic mass is 9.96. The van der Waals surface area contributed by atoms with Gasteiger partial charge in [0.15, 0.2) is 0 Å². The van der Waals surface area contributed by atoms with Crippen LogP contribution in [-0.4, -0.2) is 23.3 Å². The Labute approximate surface area is 119 Å². The van der Waals surface area contributed by atoms with Crippen LogP contribution in [0, 0.1) is 5.82 Å². The number of nitrogens with one attached hydrogen (secondary N) is 2. The predicted molar refractivity (Wildman–Crippen MR) is 76.5 cm³/mol. The Hall–Kier alpha value is -1.20. The molecule has 0 amide bonds. The number of rotatable bonds is 2. The number of hydrogen-bond acceptors (Lipinski definition) is 2. The van der Waals surface area contributed by atoms with E-state index in [1.807, 2.05) is 0 Å². The quantitative estimate of drug-likeness (QED) is 0.888. The van der Waals surface area contributed by atoms with Crippen LogP contribution in [0.25, 0.3) is 11.3 Å². The minimum absolute atomic E-state index is 0.230. The van der Waals surface area contributed by atoms with Gasteiger partial charge in [-0.2, -0.15) is 5.10 Å². The maximum absolute atomic E-state index is 13.0. The zero-order valence-corrected chi connectivity index (χ0v) is 12.0. The average molecular weight is 324 g/mol. The van der Waals surface area contributed by atoms with Crippen LogP contribution < -0.4 is 5.32 Å². The Bertz CT molecular complexity index is 559. The van der Waals surface area contributed by atoms with Crippen molar-refractivity contribution in [2.24, 2.45) is 0 Å². The van der Waals surface area contributed by atoms with Crippen LogP contribution in [0.5, 0.6) is 0 Å². The summed E-state index contributed by atoms with van der Waals surface area (Å²) in [5, 5.41) is 10.9. The second kappa shape index (κ2) is 5.43. The zero-order chi connectivity index (χ0) is 13.2. The molecule has 3 rings (SSSR count). The highest BCUT2D eigenvalue weighted by atomic mass is 79.9. The van der Waals surface area contributed by atoms with E-state index in [0.29, 0.717) is 5.92 Å². The normalized spacial score (nSPS) is 19.6. The van der Waals surface area contributed by atoms with Crippen molar-refractivity contribution in [3.63, 3.8) is 0 Å². The van der Waals surface area contributed by atoms with Crippen molar-refractivity contribution in [1.82, 2.24) is 15.5 Å². The van der Waals surface area contributed by atoms with Gasteiger partial charge in [0.2, 0.25) is 0 Å². The molecule has 100 valence electrons. The summed E-state index contributed by atoms with van der Waals surface area (Å²) in [5.74, 6) is 0.233. The largest absolute Gasteiger partial charge is 0.316 e. The molecule has 0 spiro atoms. The van der Waals surface area contributed by atoms with E-state index in [9.17, 15) is 4.39 Å². The zero-order valence-electron chi connectivity index (χ0n) is 10.4. The first kappa shape index (κ1) is 12.8. The number of halogens is 2. The van der Waals surface area contributed by atoms with Gasteiger partial charge < -0.3 is 5.32 Å². The first-order valence-corrected chi connectivity index (χ1v) is 7.25. The molecule has 0 saturated carbocycles. The molecule has 2 aromatic rings. The molecule has 1 aliphatic rings. The lowest BCUT2D eigenvalue weighted by Crippen LogP contribution is -2.28. The monoisotopic (exact) mass is 323 g/mol. The number of piperidine rings is 1. The second-order valence-corrected chi connectivity index (χ2v) is 5.64. The Morgan fingerprint density at radius 3 is 2.74 bits per heavy atom. The molecule has 5 heteroatoms. The number of nitrogens with zero attached hydrogens (tertiary/aromatic N) is 1. The van der Waals surface area contributed by atoms with Crippen molar-refractivity contribution >= 4 is 15.9 Å². The Balaban J connectivity index is 1.91. The van der Waals surface area contributed by atoms with Crippen LogP contribution in [0.1, 0.15) is 24.5 Å². The summed E-state index contributed by atoms with van der Waals surface area (Å²) in [4.78, 5) is 0. The molecule has 1 saturated heterocycles. The van der Waals surface area contributed by atoms with E-state index in [1.165, 1.54) is 18.6 Å². The third kappa shape index (κ3) is 2.58. The van der Waals surface area contributed by atoms with Gasteiger partial charge in [0.25, 0.3) is 0 Å². The molecule has 0 aliphatic carbocycles. The molecule has 19 heavy (non-hydrogen) atoms. The van der Waals surface area contributed by atoms with E-state index in [4.69, 9.17) is 0 Å². The van der Waals surface area contributed by atoms with E-state index in [0.717, 1.165) is 40.9 Å². The summed E-state index contributed by atoms with van der Waals surface area (Å²) in [6.45, 7) is 2.07. The van der Waals surface area contributed by atoms with Gasteiger partial charge in [-0.1, -0.05) is 0 Å². The van der Waals surface area contributed by atoms with Gasteiger partial charge in [0.1, 0.15) is 11.5 Å². The van der Waals surface area contributed by atoms with Crippen LogP contribution in [0.2, 0.25) is 0 Å². The highest BCUT2D eigenvalue weighted by Crippen LogP contribution is 2.34. The lowest BCUT2D eigenvalue weighted by molar-refractivity contribution is 0.453. The van der Waals surface area contributed by atoms with Crippen molar-refractivity contribution in [3.05, 3.63) is 40.2 Å². The summed E-state index contributed by atoms with van der Waals surface area (Å²) in [6, 6.07) is 6.41. The van der Waals surface area contributed by atoms with Gasteiger partial charge in [0, 0.05) is 18.0 Å². The van der Waals surface area contributed by atoms with Crippen LogP contribution in [0.4, 0.5) is 4.39 Å². The first-order valence-electron chi connectivity index (χ1n) is 6.46. The highest BCUT2D eigenvalue weighted by molar-refractivity contribution is 9.10. The van der Waals surface area contributed by atoms with Crippen LogP contribution in [0.15, 0.2) is 28.7 Å². The van der Waals surface area contributed by atoms with Gasteiger partial charge in [0.05, 0.1) is 10.2 Å².